The van der Waals surface area contributed by atoms with E-state index in [1.807, 2.05) is 4.90 Å². The van der Waals surface area contributed by atoms with Crippen molar-refractivity contribution in [2.45, 2.75) is 57.5 Å². The molecule has 0 saturated carbocycles. The van der Waals surface area contributed by atoms with E-state index in [2.05, 4.69) is 9.97 Å². The maximum Gasteiger partial charge on any atom is 0.254 e. The molecule has 3 aliphatic heterocycles. The van der Waals surface area contributed by atoms with E-state index in [1.54, 1.807) is 6.92 Å². The Morgan fingerprint density at radius 1 is 1.11 bits per heavy atom. The molecule has 2 unspecified atom stereocenters. The number of sulfonamides is 1. The summed E-state index contributed by atoms with van der Waals surface area (Å²) in [5, 5.41) is 0. The lowest BCUT2D eigenvalue weighted by Gasteiger charge is -2.35. The minimum absolute atomic E-state index is 0.0438. The van der Waals surface area contributed by atoms with Crippen LogP contribution in [0.3, 0.4) is 0 Å². The lowest BCUT2D eigenvalue weighted by molar-refractivity contribution is -0.139. The van der Waals surface area contributed by atoms with Crippen LogP contribution < -0.4 is 5.56 Å². The normalized spacial score (nSPS) is 26.7. The Bertz CT molecular complexity index is 918. The molecule has 0 aliphatic carbocycles. The number of nitrogens with zero attached hydrogens (tertiary/aromatic N) is 3. The first kappa shape index (κ1) is 18.6. The molecule has 1 N–H and O–H groups in total. The zero-order valence-corrected chi connectivity index (χ0v) is 16.6. The largest absolute Gasteiger partial charge is 0.336 e. The second-order valence-electron chi connectivity index (χ2n) is 8.05. The fourth-order valence-electron chi connectivity index (χ4n) is 4.87. The second-order valence-corrected chi connectivity index (χ2v) is 10.0. The van der Waals surface area contributed by atoms with Gasteiger partial charge in [-0.2, -0.15) is 0 Å². The number of aromatic nitrogens is 2. The minimum atomic E-state index is -3.20. The molecule has 148 valence electrons. The summed E-state index contributed by atoms with van der Waals surface area (Å²) in [5.41, 5.74) is 1.46. The van der Waals surface area contributed by atoms with Crippen molar-refractivity contribution in [3.8, 4) is 0 Å². The van der Waals surface area contributed by atoms with E-state index in [9.17, 15) is 18.0 Å². The number of amides is 1. The number of hydrogen-bond acceptors (Lipinski definition) is 5. The molecular weight excluding hydrogens is 368 g/mol. The van der Waals surface area contributed by atoms with E-state index in [0.717, 1.165) is 24.1 Å². The Labute approximate surface area is 159 Å². The number of carbonyl (C=O) groups excluding carboxylic acids is 1. The highest BCUT2D eigenvalue weighted by Crippen LogP contribution is 2.35. The van der Waals surface area contributed by atoms with Gasteiger partial charge in [0.1, 0.15) is 5.82 Å². The number of piperidine rings is 1. The lowest BCUT2D eigenvalue weighted by Crippen LogP contribution is -2.48. The van der Waals surface area contributed by atoms with Gasteiger partial charge in [0.05, 0.1) is 11.9 Å². The van der Waals surface area contributed by atoms with Crippen LogP contribution in [0.4, 0.5) is 0 Å². The molecular formula is C18H26N4O4S. The van der Waals surface area contributed by atoms with Gasteiger partial charge in [0.15, 0.2) is 0 Å². The van der Waals surface area contributed by atoms with E-state index in [4.69, 9.17) is 0 Å². The molecule has 27 heavy (non-hydrogen) atoms. The summed E-state index contributed by atoms with van der Waals surface area (Å²) in [7, 11) is -3.20. The molecule has 4 heterocycles. The number of aromatic amines is 1. The first-order valence-electron chi connectivity index (χ1n) is 9.60. The van der Waals surface area contributed by atoms with Gasteiger partial charge >= 0.3 is 0 Å². The number of H-pyrrole nitrogens is 1. The van der Waals surface area contributed by atoms with Gasteiger partial charge in [-0.1, -0.05) is 0 Å². The van der Waals surface area contributed by atoms with E-state index < -0.39 is 10.0 Å². The van der Waals surface area contributed by atoms with E-state index in [-0.39, 0.29) is 29.5 Å². The number of hydrogen-bond donors (Lipinski definition) is 1. The fraction of sp³-hybridized carbons (Fsp3) is 0.722. The third kappa shape index (κ3) is 3.42. The van der Waals surface area contributed by atoms with Crippen molar-refractivity contribution in [2.75, 3.05) is 19.3 Å². The molecule has 2 atom stereocenters. The van der Waals surface area contributed by atoms with E-state index >= 15 is 0 Å². The van der Waals surface area contributed by atoms with Gasteiger partial charge in [0.2, 0.25) is 15.9 Å². The summed E-state index contributed by atoms with van der Waals surface area (Å²) in [6.45, 7) is 2.58. The van der Waals surface area contributed by atoms with Gasteiger partial charge in [-0.05, 0) is 32.6 Å². The van der Waals surface area contributed by atoms with Gasteiger partial charge in [0, 0.05) is 49.5 Å². The predicted octanol–water partition coefficient (Wildman–Crippen LogP) is 0.208. The molecule has 2 bridgehead atoms. The zero-order valence-electron chi connectivity index (χ0n) is 15.8. The smallest absolute Gasteiger partial charge is 0.254 e. The summed E-state index contributed by atoms with van der Waals surface area (Å²) in [6, 6.07) is 0.132. The van der Waals surface area contributed by atoms with Gasteiger partial charge in [-0.3, -0.25) is 9.59 Å². The van der Waals surface area contributed by atoms with Gasteiger partial charge in [-0.15, -0.1) is 0 Å². The maximum atomic E-state index is 13.3. The third-order valence-corrected chi connectivity index (χ3v) is 7.54. The molecule has 1 aromatic rings. The average molecular weight is 394 g/mol. The topological polar surface area (TPSA) is 103 Å². The van der Waals surface area contributed by atoms with Crippen molar-refractivity contribution < 1.29 is 13.2 Å². The number of fused-ring (bicyclic) bond motifs is 3. The van der Waals surface area contributed by atoms with Gasteiger partial charge < -0.3 is 9.88 Å². The molecule has 0 spiro atoms. The van der Waals surface area contributed by atoms with Gasteiger partial charge in [0.25, 0.3) is 5.56 Å². The highest BCUT2D eigenvalue weighted by atomic mass is 32.2. The predicted molar refractivity (Wildman–Crippen MR) is 99.8 cm³/mol. The Balaban J connectivity index is 1.53. The summed E-state index contributed by atoms with van der Waals surface area (Å²) in [5.74, 6) is 0.597. The Morgan fingerprint density at radius 3 is 2.37 bits per heavy atom. The monoisotopic (exact) mass is 394 g/mol. The van der Waals surface area contributed by atoms with Crippen LogP contribution in [0.2, 0.25) is 0 Å². The third-order valence-electron chi connectivity index (χ3n) is 6.23. The molecule has 2 saturated heterocycles. The lowest BCUT2D eigenvalue weighted by atomic mass is 9.95. The highest BCUT2D eigenvalue weighted by Gasteiger charge is 2.43. The Kier molecular flexibility index (Phi) is 4.62. The molecule has 9 heteroatoms. The van der Waals surface area contributed by atoms with Crippen LogP contribution in [0, 0.1) is 12.8 Å². The summed E-state index contributed by atoms with van der Waals surface area (Å²) in [6.07, 6.45) is 5.37. The van der Waals surface area contributed by atoms with Crippen LogP contribution in [-0.4, -0.2) is 64.9 Å². The molecule has 8 nitrogen and oxygen atoms in total. The minimum Gasteiger partial charge on any atom is -0.336 e. The Hall–Kier alpha value is -1.74. The first-order valence-corrected chi connectivity index (χ1v) is 11.4. The average Bonchev–Trinajstić information content (AvgIpc) is 2.89. The van der Waals surface area contributed by atoms with Crippen molar-refractivity contribution in [2.24, 2.45) is 5.92 Å². The van der Waals surface area contributed by atoms with Crippen molar-refractivity contribution in [1.82, 2.24) is 19.2 Å². The first-order chi connectivity index (χ1) is 12.7. The summed E-state index contributed by atoms with van der Waals surface area (Å²) in [4.78, 5) is 34.9. The fourth-order valence-corrected chi connectivity index (χ4v) is 5.75. The summed E-state index contributed by atoms with van der Waals surface area (Å²) >= 11 is 0. The molecule has 1 amide bonds. The maximum absolute atomic E-state index is 13.3. The standard InChI is InChI=1S/C18H26N4O4S/c1-11-19-16-10-14-4-3-13(9-15(16)17(23)20-11)22(14)18(24)12-5-7-21(8-6-12)27(2,25)26/h12-14H,3-10H2,1-2H3,(H,19,20,23). The van der Waals surface area contributed by atoms with Crippen molar-refractivity contribution >= 4 is 15.9 Å². The molecule has 4 rings (SSSR count). The molecule has 1 aromatic heterocycles. The number of carbonyl (C=O) groups is 1. The van der Waals surface area contributed by atoms with Crippen LogP contribution in [0.5, 0.6) is 0 Å². The van der Waals surface area contributed by atoms with Crippen LogP contribution in [0.1, 0.15) is 42.8 Å². The Morgan fingerprint density at radius 2 is 1.74 bits per heavy atom. The molecule has 0 radical (unpaired) electrons. The van der Waals surface area contributed by atoms with Crippen molar-refractivity contribution in [1.29, 1.82) is 0 Å². The SMILES string of the molecule is Cc1nc2c(c(=O)[nH]1)CC1CCC(C2)N1C(=O)C1CCN(S(C)(=O)=O)CC1. The van der Waals surface area contributed by atoms with Crippen LogP contribution in [0.15, 0.2) is 4.79 Å². The quantitative estimate of drug-likeness (QED) is 0.772. The van der Waals surface area contributed by atoms with E-state index in [1.165, 1.54) is 10.6 Å². The molecule has 3 aliphatic rings. The van der Waals surface area contributed by atoms with Crippen LogP contribution in [0.25, 0.3) is 0 Å². The second kappa shape index (κ2) is 6.70. The van der Waals surface area contributed by atoms with Crippen LogP contribution in [-0.2, 0) is 27.7 Å². The molecule has 0 aromatic carbocycles. The number of rotatable bonds is 2. The number of nitrogens with one attached hydrogen (secondary N) is 1. The number of aryl methyl sites for hydroxylation is 1. The highest BCUT2D eigenvalue weighted by molar-refractivity contribution is 7.88. The summed E-state index contributed by atoms with van der Waals surface area (Å²) < 4.78 is 24.9. The van der Waals surface area contributed by atoms with E-state index in [0.29, 0.717) is 44.6 Å². The van der Waals surface area contributed by atoms with Gasteiger partial charge in [-0.25, -0.2) is 17.7 Å². The van der Waals surface area contributed by atoms with Crippen LogP contribution >= 0.6 is 0 Å². The molecule has 2 fully saturated rings. The van der Waals surface area contributed by atoms with Crippen molar-refractivity contribution in [3.63, 3.8) is 0 Å². The van der Waals surface area contributed by atoms with Crippen molar-refractivity contribution in [3.05, 3.63) is 27.4 Å². The zero-order chi connectivity index (χ0) is 19.3.